The van der Waals surface area contributed by atoms with Crippen LogP contribution in [-0.4, -0.2) is 30.3 Å². The fraction of sp³-hybridized carbons (Fsp3) is 0.533. The molecular weight excluding hydrogens is 297 g/mol. The van der Waals surface area contributed by atoms with Crippen LogP contribution in [0.1, 0.15) is 24.8 Å². The second kappa shape index (κ2) is 7.00. The zero-order valence-corrected chi connectivity index (χ0v) is 12.1. The molecular formula is C15H19F3N2O2. The summed E-state index contributed by atoms with van der Waals surface area (Å²) in [6, 6.07) is 5.98. The van der Waals surface area contributed by atoms with E-state index in [1.54, 1.807) is 12.1 Å². The number of nitrogens with zero attached hydrogens (tertiary/aromatic N) is 1. The van der Waals surface area contributed by atoms with Gasteiger partial charge in [0.1, 0.15) is 5.75 Å². The van der Waals surface area contributed by atoms with E-state index in [1.165, 1.54) is 12.1 Å². The SMILES string of the molecule is NC(=O)CC1CCCN(Cc2cccc(OC(F)(F)F)c2)C1. The molecule has 0 spiro atoms. The van der Waals surface area contributed by atoms with Gasteiger partial charge < -0.3 is 10.5 Å². The normalized spacial score (nSPS) is 19.9. The largest absolute Gasteiger partial charge is 0.573 e. The number of alkyl halides is 3. The monoisotopic (exact) mass is 316 g/mol. The number of amides is 1. The topological polar surface area (TPSA) is 55.6 Å². The molecule has 0 radical (unpaired) electrons. The van der Waals surface area contributed by atoms with E-state index in [4.69, 9.17) is 5.73 Å². The van der Waals surface area contributed by atoms with Gasteiger partial charge in [0.05, 0.1) is 0 Å². The van der Waals surface area contributed by atoms with Gasteiger partial charge in [-0.2, -0.15) is 0 Å². The highest BCUT2D eigenvalue weighted by atomic mass is 19.4. The summed E-state index contributed by atoms with van der Waals surface area (Å²) in [7, 11) is 0. The number of primary amides is 1. The smallest absolute Gasteiger partial charge is 0.406 e. The zero-order chi connectivity index (χ0) is 16.2. The van der Waals surface area contributed by atoms with Crippen LogP contribution in [0, 0.1) is 5.92 Å². The average molecular weight is 316 g/mol. The van der Waals surface area contributed by atoms with Crippen LogP contribution in [0.5, 0.6) is 5.75 Å². The molecule has 2 rings (SSSR count). The zero-order valence-electron chi connectivity index (χ0n) is 12.1. The first-order valence-corrected chi connectivity index (χ1v) is 7.17. The molecule has 0 aliphatic carbocycles. The molecule has 1 heterocycles. The van der Waals surface area contributed by atoms with Gasteiger partial charge in [-0.1, -0.05) is 12.1 Å². The van der Waals surface area contributed by atoms with Crippen molar-refractivity contribution in [3.05, 3.63) is 29.8 Å². The Hall–Kier alpha value is -1.76. The van der Waals surface area contributed by atoms with E-state index < -0.39 is 6.36 Å². The van der Waals surface area contributed by atoms with E-state index in [-0.39, 0.29) is 17.6 Å². The Labute approximate surface area is 127 Å². The van der Waals surface area contributed by atoms with Crippen LogP contribution in [0.15, 0.2) is 24.3 Å². The minimum Gasteiger partial charge on any atom is -0.406 e. The number of ether oxygens (including phenoxy) is 1. The summed E-state index contributed by atoms with van der Waals surface area (Å²) in [5.41, 5.74) is 5.97. The van der Waals surface area contributed by atoms with Gasteiger partial charge in [-0.15, -0.1) is 13.2 Å². The lowest BCUT2D eigenvalue weighted by atomic mass is 9.94. The van der Waals surface area contributed by atoms with Gasteiger partial charge in [0, 0.05) is 19.5 Å². The minimum atomic E-state index is -4.68. The molecule has 7 heteroatoms. The number of rotatable bonds is 5. The molecule has 1 amide bonds. The van der Waals surface area contributed by atoms with Crippen LogP contribution in [-0.2, 0) is 11.3 Å². The fourth-order valence-electron chi connectivity index (χ4n) is 2.85. The number of carbonyl (C=O) groups is 1. The van der Waals surface area contributed by atoms with Gasteiger partial charge in [-0.3, -0.25) is 9.69 Å². The molecule has 2 N–H and O–H groups in total. The van der Waals surface area contributed by atoms with Gasteiger partial charge in [0.25, 0.3) is 0 Å². The lowest BCUT2D eigenvalue weighted by Crippen LogP contribution is -2.36. The van der Waals surface area contributed by atoms with E-state index in [9.17, 15) is 18.0 Å². The molecule has 22 heavy (non-hydrogen) atoms. The van der Waals surface area contributed by atoms with Crippen LogP contribution in [0.4, 0.5) is 13.2 Å². The van der Waals surface area contributed by atoms with Crippen molar-refractivity contribution in [1.82, 2.24) is 4.90 Å². The minimum absolute atomic E-state index is 0.212. The Morgan fingerprint density at radius 1 is 1.41 bits per heavy atom. The Kier molecular flexibility index (Phi) is 5.28. The Bertz CT molecular complexity index is 520. The highest BCUT2D eigenvalue weighted by Gasteiger charge is 2.31. The van der Waals surface area contributed by atoms with Crippen molar-refractivity contribution in [2.45, 2.75) is 32.2 Å². The molecule has 122 valence electrons. The number of benzene rings is 1. The van der Waals surface area contributed by atoms with E-state index in [1.807, 2.05) is 0 Å². The van der Waals surface area contributed by atoms with Gasteiger partial charge in [0.2, 0.25) is 5.91 Å². The molecule has 1 aliphatic heterocycles. The summed E-state index contributed by atoms with van der Waals surface area (Å²) in [5.74, 6) is -0.302. The number of halogens is 3. The molecule has 1 aliphatic rings. The van der Waals surface area contributed by atoms with Crippen molar-refractivity contribution < 1.29 is 22.7 Å². The number of hydrogen-bond acceptors (Lipinski definition) is 3. The molecule has 0 bridgehead atoms. The first kappa shape index (κ1) is 16.6. The molecule has 1 saturated heterocycles. The van der Waals surface area contributed by atoms with Gasteiger partial charge in [0.15, 0.2) is 0 Å². The third-order valence-electron chi connectivity index (χ3n) is 3.63. The van der Waals surface area contributed by atoms with Gasteiger partial charge >= 0.3 is 6.36 Å². The van der Waals surface area contributed by atoms with Crippen LogP contribution in [0.25, 0.3) is 0 Å². The molecule has 1 aromatic rings. The molecule has 1 atom stereocenters. The number of likely N-dealkylation sites (tertiary alicyclic amines) is 1. The second-order valence-electron chi connectivity index (χ2n) is 5.61. The molecule has 0 aromatic heterocycles. The maximum absolute atomic E-state index is 12.2. The Balaban J connectivity index is 1.95. The van der Waals surface area contributed by atoms with Crippen molar-refractivity contribution in [3.63, 3.8) is 0 Å². The number of piperidine rings is 1. The molecule has 1 unspecified atom stereocenters. The lowest BCUT2D eigenvalue weighted by molar-refractivity contribution is -0.274. The number of hydrogen-bond donors (Lipinski definition) is 1. The predicted molar refractivity (Wildman–Crippen MR) is 74.9 cm³/mol. The summed E-state index contributed by atoms with van der Waals surface area (Å²) in [5, 5.41) is 0. The van der Waals surface area contributed by atoms with E-state index in [0.717, 1.165) is 31.5 Å². The van der Waals surface area contributed by atoms with Crippen molar-refractivity contribution in [2.75, 3.05) is 13.1 Å². The summed E-state index contributed by atoms with van der Waals surface area (Å²) in [4.78, 5) is 13.1. The third kappa shape index (κ3) is 5.55. The molecule has 1 aromatic carbocycles. The maximum atomic E-state index is 12.2. The summed E-state index contributed by atoms with van der Waals surface area (Å²) in [6.45, 7) is 2.12. The summed E-state index contributed by atoms with van der Waals surface area (Å²) >= 11 is 0. The lowest BCUT2D eigenvalue weighted by Gasteiger charge is -2.32. The first-order valence-electron chi connectivity index (χ1n) is 7.17. The van der Waals surface area contributed by atoms with Crippen molar-refractivity contribution in [3.8, 4) is 5.75 Å². The van der Waals surface area contributed by atoms with Gasteiger partial charge in [-0.05, 0) is 43.0 Å². The van der Waals surface area contributed by atoms with E-state index in [0.29, 0.717) is 13.0 Å². The maximum Gasteiger partial charge on any atom is 0.573 e. The highest BCUT2D eigenvalue weighted by Crippen LogP contribution is 2.25. The third-order valence-corrected chi connectivity index (χ3v) is 3.63. The standard InChI is InChI=1S/C15H19F3N2O2/c16-15(17,18)22-13-5-1-3-11(7-13)9-20-6-2-4-12(10-20)8-14(19)21/h1,3,5,7,12H,2,4,6,8-10H2,(H2,19,21). The first-order chi connectivity index (χ1) is 10.3. The Morgan fingerprint density at radius 3 is 2.86 bits per heavy atom. The Morgan fingerprint density at radius 2 is 2.18 bits per heavy atom. The molecule has 1 fully saturated rings. The van der Waals surface area contributed by atoms with E-state index in [2.05, 4.69) is 9.64 Å². The average Bonchev–Trinajstić information content (AvgIpc) is 2.36. The molecule has 4 nitrogen and oxygen atoms in total. The fourth-order valence-corrected chi connectivity index (χ4v) is 2.85. The summed E-state index contributed by atoms with van der Waals surface area (Å²) in [6.07, 6.45) is -2.42. The van der Waals surface area contributed by atoms with E-state index >= 15 is 0 Å². The van der Waals surface area contributed by atoms with Crippen LogP contribution in [0.2, 0.25) is 0 Å². The predicted octanol–water partition coefficient (Wildman–Crippen LogP) is 2.67. The quantitative estimate of drug-likeness (QED) is 0.908. The van der Waals surface area contributed by atoms with Crippen molar-refractivity contribution in [2.24, 2.45) is 11.7 Å². The number of carbonyl (C=O) groups excluding carboxylic acids is 1. The summed E-state index contributed by atoms with van der Waals surface area (Å²) < 4.78 is 40.6. The van der Waals surface area contributed by atoms with Gasteiger partial charge in [-0.25, -0.2) is 0 Å². The van der Waals surface area contributed by atoms with Crippen molar-refractivity contribution in [1.29, 1.82) is 0 Å². The van der Waals surface area contributed by atoms with Crippen LogP contribution >= 0.6 is 0 Å². The van der Waals surface area contributed by atoms with Crippen LogP contribution < -0.4 is 10.5 Å². The van der Waals surface area contributed by atoms with Crippen LogP contribution in [0.3, 0.4) is 0 Å². The highest BCUT2D eigenvalue weighted by molar-refractivity contribution is 5.74. The molecule has 0 saturated carbocycles. The van der Waals surface area contributed by atoms with Crippen molar-refractivity contribution >= 4 is 5.91 Å². The second-order valence-corrected chi connectivity index (χ2v) is 5.61. The number of nitrogens with two attached hydrogens (primary N) is 1.